The minimum Gasteiger partial charge on any atom is -0.545 e. The van der Waals surface area contributed by atoms with Gasteiger partial charge in [-0.1, -0.05) is 0 Å². The van der Waals surface area contributed by atoms with E-state index in [1.54, 1.807) is 0 Å². The fourth-order valence-corrected chi connectivity index (χ4v) is 1.35. The Bertz CT molecular complexity index is 483. The van der Waals surface area contributed by atoms with Crippen LogP contribution in [0.4, 0.5) is 0 Å². The summed E-state index contributed by atoms with van der Waals surface area (Å²) < 4.78 is 29.7. The van der Waals surface area contributed by atoms with Crippen LogP contribution in [0.1, 0.15) is 10.4 Å². The van der Waals surface area contributed by atoms with Gasteiger partial charge in [0.2, 0.25) is 0 Å². The second kappa shape index (κ2) is 7.61. The SMILES string of the molecule is O.O.O=C([O-])c1cc(S(=O)(=O)O)ccc1O.[Na+]. The molecular formula is C7H9NaO8S. The largest absolute Gasteiger partial charge is 1.00 e. The second-order valence-corrected chi connectivity index (χ2v) is 3.86. The maximum Gasteiger partial charge on any atom is 1.00 e. The average molecular weight is 276 g/mol. The van der Waals surface area contributed by atoms with E-state index >= 15 is 0 Å². The molecule has 0 amide bonds. The van der Waals surface area contributed by atoms with E-state index in [-0.39, 0.29) is 40.5 Å². The molecule has 0 saturated heterocycles. The maximum absolute atomic E-state index is 10.6. The average Bonchev–Trinajstić information content (AvgIpc) is 2.02. The number of aromatic carboxylic acids is 1. The van der Waals surface area contributed by atoms with Crippen LogP contribution in [0.15, 0.2) is 23.1 Å². The summed E-state index contributed by atoms with van der Waals surface area (Å²) in [5, 5.41) is 19.3. The van der Waals surface area contributed by atoms with Crippen LogP contribution >= 0.6 is 0 Å². The number of carbonyl (C=O) groups excluding carboxylic acids is 1. The standard InChI is InChI=1S/C7H6O6S.Na.2H2O/c8-6-2-1-4(14(11,12)13)3-5(6)7(9)10;;;/h1-3,8H,(H,9,10)(H,11,12,13);;2*1H2/q;+1;;/p-1. The third-order valence-electron chi connectivity index (χ3n) is 1.49. The van der Waals surface area contributed by atoms with Crippen LogP contribution < -0.4 is 34.7 Å². The Kier molecular flexibility index (Phi) is 9.66. The molecule has 0 spiro atoms. The minimum absolute atomic E-state index is 0. The number of carbonyl (C=O) groups is 1. The first-order valence-corrected chi connectivity index (χ1v) is 4.78. The van der Waals surface area contributed by atoms with E-state index in [2.05, 4.69) is 0 Å². The molecule has 0 unspecified atom stereocenters. The summed E-state index contributed by atoms with van der Waals surface area (Å²) >= 11 is 0. The number of hydrogen-bond donors (Lipinski definition) is 2. The summed E-state index contributed by atoms with van der Waals surface area (Å²) in [7, 11) is -4.48. The normalized spacial score (nSPS) is 9.24. The van der Waals surface area contributed by atoms with Crippen LogP contribution in [0.25, 0.3) is 0 Å². The van der Waals surface area contributed by atoms with Gasteiger partial charge < -0.3 is 26.0 Å². The van der Waals surface area contributed by atoms with Crippen LogP contribution in [0.5, 0.6) is 5.75 Å². The third-order valence-corrected chi connectivity index (χ3v) is 2.34. The van der Waals surface area contributed by atoms with E-state index in [0.29, 0.717) is 6.07 Å². The second-order valence-electron chi connectivity index (χ2n) is 2.44. The van der Waals surface area contributed by atoms with Gasteiger partial charge in [0.15, 0.2) is 0 Å². The fraction of sp³-hybridized carbons (Fsp3) is 0. The van der Waals surface area contributed by atoms with Crippen molar-refractivity contribution in [2.75, 3.05) is 0 Å². The molecular weight excluding hydrogens is 267 g/mol. The molecule has 1 rings (SSSR count). The van der Waals surface area contributed by atoms with E-state index in [1.165, 1.54) is 0 Å². The van der Waals surface area contributed by atoms with Gasteiger partial charge in [0.1, 0.15) is 5.75 Å². The number of phenols is 1. The van der Waals surface area contributed by atoms with Gasteiger partial charge in [-0.3, -0.25) is 4.55 Å². The van der Waals surface area contributed by atoms with E-state index < -0.39 is 32.3 Å². The Morgan fingerprint density at radius 3 is 2.06 bits per heavy atom. The van der Waals surface area contributed by atoms with Gasteiger partial charge in [-0.2, -0.15) is 8.42 Å². The Morgan fingerprint density at radius 1 is 1.24 bits per heavy atom. The summed E-state index contributed by atoms with van der Waals surface area (Å²) in [5.74, 6) is -2.36. The number of carboxylic acids is 1. The van der Waals surface area contributed by atoms with Crippen molar-refractivity contribution in [2.45, 2.75) is 4.90 Å². The predicted molar refractivity (Wildman–Crippen MR) is 49.5 cm³/mol. The first-order valence-electron chi connectivity index (χ1n) is 3.34. The number of aromatic hydroxyl groups is 1. The first kappa shape index (κ1) is 21.6. The van der Waals surface area contributed by atoms with Gasteiger partial charge in [0, 0.05) is 5.56 Å². The van der Waals surface area contributed by atoms with Gasteiger partial charge in [-0.25, -0.2) is 0 Å². The zero-order valence-corrected chi connectivity index (χ0v) is 11.5. The molecule has 0 heterocycles. The molecule has 17 heavy (non-hydrogen) atoms. The monoisotopic (exact) mass is 276 g/mol. The molecule has 1 aromatic carbocycles. The van der Waals surface area contributed by atoms with Crippen molar-refractivity contribution in [3.63, 3.8) is 0 Å². The molecule has 0 aliphatic rings. The van der Waals surface area contributed by atoms with Crippen LogP contribution in [-0.2, 0) is 10.1 Å². The molecule has 0 aromatic heterocycles. The Morgan fingerprint density at radius 2 is 1.71 bits per heavy atom. The van der Waals surface area contributed by atoms with E-state index in [1.807, 2.05) is 0 Å². The quantitative estimate of drug-likeness (QED) is 0.401. The van der Waals surface area contributed by atoms with Gasteiger partial charge >= 0.3 is 29.6 Å². The van der Waals surface area contributed by atoms with Crippen molar-refractivity contribution < 1.29 is 68.5 Å². The minimum atomic E-state index is -4.48. The van der Waals surface area contributed by atoms with Crippen molar-refractivity contribution in [3.05, 3.63) is 23.8 Å². The van der Waals surface area contributed by atoms with Crippen LogP contribution in [0.3, 0.4) is 0 Å². The Labute approximate surface area is 119 Å². The van der Waals surface area contributed by atoms with Gasteiger partial charge in [0.05, 0.1) is 10.9 Å². The number of benzene rings is 1. The van der Waals surface area contributed by atoms with Gasteiger partial charge in [-0.15, -0.1) is 0 Å². The molecule has 0 atom stereocenters. The predicted octanol–water partition coefficient (Wildman–Crippen LogP) is -5.64. The molecule has 6 N–H and O–H groups in total. The molecule has 0 aliphatic heterocycles. The molecule has 92 valence electrons. The zero-order valence-electron chi connectivity index (χ0n) is 8.67. The summed E-state index contributed by atoms with van der Waals surface area (Å²) in [5.41, 5.74) is -0.694. The van der Waals surface area contributed by atoms with Crippen molar-refractivity contribution >= 4 is 16.1 Å². The van der Waals surface area contributed by atoms with Crippen molar-refractivity contribution in [1.82, 2.24) is 0 Å². The molecule has 0 aliphatic carbocycles. The van der Waals surface area contributed by atoms with Gasteiger partial charge in [0.25, 0.3) is 10.1 Å². The Balaban J connectivity index is -0.000000653. The van der Waals surface area contributed by atoms with E-state index in [9.17, 15) is 18.3 Å². The molecule has 0 saturated carbocycles. The fourth-order valence-electron chi connectivity index (χ4n) is 0.839. The van der Waals surface area contributed by atoms with E-state index in [4.69, 9.17) is 9.66 Å². The van der Waals surface area contributed by atoms with Crippen LogP contribution in [-0.4, -0.2) is 35.0 Å². The summed E-state index contributed by atoms with van der Waals surface area (Å²) in [6, 6.07) is 2.32. The third kappa shape index (κ3) is 5.46. The summed E-state index contributed by atoms with van der Waals surface area (Å²) in [4.78, 5) is 9.74. The van der Waals surface area contributed by atoms with Gasteiger partial charge in [-0.05, 0) is 18.2 Å². The van der Waals surface area contributed by atoms with Crippen molar-refractivity contribution in [1.29, 1.82) is 0 Å². The van der Waals surface area contributed by atoms with Crippen molar-refractivity contribution in [2.24, 2.45) is 0 Å². The molecule has 1 aromatic rings. The van der Waals surface area contributed by atoms with E-state index in [0.717, 1.165) is 12.1 Å². The molecule has 0 bridgehead atoms. The molecule has 0 fully saturated rings. The number of rotatable bonds is 2. The molecule has 8 nitrogen and oxygen atoms in total. The number of hydrogen-bond acceptors (Lipinski definition) is 5. The summed E-state index contributed by atoms with van der Waals surface area (Å²) in [6.07, 6.45) is 0. The smallest absolute Gasteiger partial charge is 0.545 e. The molecule has 0 radical (unpaired) electrons. The molecule has 10 heteroatoms. The topological polar surface area (TPSA) is 178 Å². The van der Waals surface area contributed by atoms with Crippen LogP contribution in [0, 0.1) is 0 Å². The number of carboxylic acid groups (broad SMARTS) is 1. The summed E-state index contributed by atoms with van der Waals surface area (Å²) in [6.45, 7) is 0. The van der Waals surface area contributed by atoms with Crippen molar-refractivity contribution in [3.8, 4) is 5.75 Å². The zero-order chi connectivity index (χ0) is 10.9. The maximum atomic E-state index is 10.6. The first-order chi connectivity index (χ1) is 6.32. The van der Waals surface area contributed by atoms with Crippen LogP contribution in [0.2, 0.25) is 0 Å². The Hall–Kier alpha value is -0.680.